The van der Waals surface area contributed by atoms with E-state index < -0.39 is 23.5 Å². The van der Waals surface area contributed by atoms with E-state index >= 15 is 0 Å². The van der Waals surface area contributed by atoms with Crippen molar-refractivity contribution >= 4 is 38.4 Å². The number of halogens is 6. The summed E-state index contributed by atoms with van der Waals surface area (Å²) in [5.74, 6) is 0. The molecule has 2 aromatic heterocycles. The Morgan fingerprint density at radius 1 is 0.462 bits per heavy atom. The third-order valence-corrected chi connectivity index (χ3v) is 8.88. The lowest BCUT2D eigenvalue weighted by molar-refractivity contribution is -0.143. The summed E-state index contributed by atoms with van der Waals surface area (Å²) in [5, 5.41) is 1.70. The highest BCUT2D eigenvalue weighted by molar-refractivity contribution is 6.24. The van der Waals surface area contributed by atoms with Gasteiger partial charge in [-0.3, -0.25) is 4.98 Å². The smallest absolute Gasteiger partial charge is 0.255 e. The Bertz CT molecular complexity index is 2680. The molecule has 0 aliphatic heterocycles. The molecule has 6 aromatic carbocycles. The Morgan fingerprint density at radius 2 is 0.981 bits per heavy atom. The molecular weight excluding hydrogens is 674 g/mol. The number of hydrogen-bond donors (Lipinski definition) is 0. The minimum Gasteiger partial charge on any atom is -0.255 e. The van der Waals surface area contributed by atoms with Crippen molar-refractivity contribution in [1.82, 2.24) is 15.0 Å². The standard InChI is InChI=1S/C42H22F6N4/c1-49-34-23-32-35(40-39(34)51-36(24-12-4-2-5-13-24)37(52-40)25-14-6-3-7-15-25)31-18-10-11-19-33(31)50-38(32)30-17-9-8-16-29(30)26-20-27(41(43,44)45)22-28(21-26)42(46,47)48/h2-23H. The largest absolute Gasteiger partial charge is 0.416 e. The van der Waals surface area contributed by atoms with Crippen molar-refractivity contribution in [3.05, 3.63) is 156 Å². The molecule has 0 bridgehead atoms. The Kier molecular flexibility index (Phi) is 7.72. The summed E-state index contributed by atoms with van der Waals surface area (Å²) in [5.41, 5.74) is 1.60. The van der Waals surface area contributed by atoms with Gasteiger partial charge in [0.2, 0.25) is 5.69 Å². The van der Waals surface area contributed by atoms with Crippen LogP contribution in [0.15, 0.2) is 133 Å². The average Bonchev–Trinajstić information content (AvgIpc) is 3.16. The summed E-state index contributed by atoms with van der Waals surface area (Å²) in [4.78, 5) is 19.1. The number of para-hydroxylation sites is 1. The van der Waals surface area contributed by atoms with Crippen molar-refractivity contribution in [2.45, 2.75) is 12.4 Å². The molecule has 0 aliphatic carbocycles. The van der Waals surface area contributed by atoms with Gasteiger partial charge >= 0.3 is 12.4 Å². The summed E-state index contributed by atoms with van der Waals surface area (Å²) in [7, 11) is 0. The van der Waals surface area contributed by atoms with E-state index in [1.165, 1.54) is 12.1 Å². The van der Waals surface area contributed by atoms with E-state index in [2.05, 4.69) is 4.85 Å². The molecule has 0 radical (unpaired) electrons. The van der Waals surface area contributed by atoms with Crippen LogP contribution in [0.4, 0.5) is 32.0 Å². The van der Waals surface area contributed by atoms with Gasteiger partial charge in [0, 0.05) is 32.8 Å². The first-order chi connectivity index (χ1) is 25.0. The van der Waals surface area contributed by atoms with Crippen LogP contribution >= 0.6 is 0 Å². The Labute approximate surface area is 292 Å². The van der Waals surface area contributed by atoms with Crippen LogP contribution in [0.25, 0.3) is 82.5 Å². The van der Waals surface area contributed by atoms with Gasteiger partial charge in [0.1, 0.15) is 0 Å². The maximum atomic E-state index is 14.0. The van der Waals surface area contributed by atoms with E-state index in [-0.39, 0.29) is 34.1 Å². The van der Waals surface area contributed by atoms with Gasteiger partial charge in [-0.2, -0.15) is 26.3 Å². The van der Waals surface area contributed by atoms with E-state index in [0.29, 0.717) is 56.2 Å². The lowest BCUT2D eigenvalue weighted by Gasteiger charge is -2.18. The van der Waals surface area contributed by atoms with E-state index in [4.69, 9.17) is 21.5 Å². The fraction of sp³-hybridized carbons (Fsp3) is 0.0476. The highest BCUT2D eigenvalue weighted by Gasteiger charge is 2.37. The minimum absolute atomic E-state index is 0.100. The Morgan fingerprint density at radius 3 is 1.56 bits per heavy atom. The second-order valence-electron chi connectivity index (χ2n) is 12.1. The molecule has 8 rings (SSSR count). The van der Waals surface area contributed by atoms with Gasteiger partial charge < -0.3 is 0 Å². The first-order valence-electron chi connectivity index (χ1n) is 16.0. The zero-order valence-electron chi connectivity index (χ0n) is 26.8. The minimum atomic E-state index is -5.03. The predicted octanol–water partition coefficient (Wildman–Crippen LogP) is 12.6. The fourth-order valence-electron chi connectivity index (χ4n) is 6.55. The number of fused-ring (bicyclic) bond motifs is 5. The first kappa shape index (κ1) is 32.6. The summed E-state index contributed by atoms with van der Waals surface area (Å²) >= 11 is 0. The number of rotatable bonds is 4. The van der Waals surface area contributed by atoms with E-state index in [1.807, 2.05) is 72.8 Å². The van der Waals surface area contributed by atoms with Crippen LogP contribution in [0.5, 0.6) is 0 Å². The summed E-state index contributed by atoms with van der Waals surface area (Å²) in [6, 6.07) is 35.6. The molecule has 0 atom stereocenters. The van der Waals surface area contributed by atoms with Crippen molar-refractivity contribution in [2.75, 3.05) is 0 Å². The molecule has 52 heavy (non-hydrogen) atoms. The topological polar surface area (TPSA) is 43.0 Å². The molecule has 0 fully saturated rings. The van der Waals surface area contributed by atoms with Crippen molar-refractivity contribution in [3.63, 3.8) is 0 Å². The normalized spacial score (nSPS) is 12.0. The second-order valence-corrected chi connectivity index (χ2v) is 12.1. The third-order valence-electron chi connectivity index (χ3n) is 8.88. The van der Waals surface area contributed by atoms with Gasteiger partial charge in [0.05, 0.1) is 51.3 Å². The van der Waals surface area contributed by atoms with Gasteiger partial charge in [-0.1, -0.05) is 103 Å². The Hall–Kier alpha value is -6.60. The van der Waals surface area contributed by atoms with Gasteiger partial charge in [0.25, 0.3) is 0 Å². The maximum absolute atomic E-state index is 14.0. The van der Waals surface area contributed by atoms with Crippen LogP contribution < -0.4 is 0 Å². The zero-order chi connectivity index (χ0) is 36.2. The predicted molar refractivity (Wildman–Crippen MR) is 190 cm³/mol. The van der Waals surface area contributed by atoms with E-state index in [9.17, 15) is 26.3 Å². The lowest BCUT2D eigenvalue weighted by atomic mass is 9.91. The van der Waals surface area contributed by atoms with Crippen LogP contribution in [0.3, 0.4) is 0 Å². The third kappa shape index (κ3) is 5.66. The number of benzene rings is 6. The molecule has 0 N–H and O–H groups in total. The van der Waals surface area contributed by atoms with Crippen molar-refractivity contribution in [1.29, 1.82) is 0 Å². The average molecular weight is 697 g/mol. The van der Waals surface area contributed by atoms with Crippen LogP contribution in [0, 0.1) is 6.57 Å². The maximum Gasteiger partial charge on any atom is 0.416 e. The molecule has 0 aliphatic rings. The Balaban J connectivity index is 1.50. The zero-order valence-corrected chi connectivity index (χ0v) is 26.8. The molecule has 4 nitrogen and oxygen atoms in total. The SMILES string of the molecule is [C-]#[N+]c1cc2c(-c3ccccc3-c3cc(C(F)(F)F)cc(C(F)(F)F)c3)nc3ccccc3c2c2nc(-c3ccccc3)c(-c3ccccc3)nc12. The van der Waals surface area contributed by atoms with E-state index in [0.717, 1.165) is 11.1 Å². The quantitative estimate of drug-likeness (QED) is 0.105. The summed E-state index contributed by atoms with van der Waals surface area (Å²) < 4.78 is 83.8. The van der Waals surface area contributed by atoms with Crippen LogP contribution in [-0.4, -0.2) is 15.0 Å². The molecule has 8 aromatic rings. The molecular formula is C42H22F6N4. The molecule has 2 heterocycles. The number of nitrogens with zero attached hydrogens (tertiary/aromatic N) is 4. The van der Waals surface area contributed by atoms with Gasteiger partial charge in [-0.15, -0.1) is 0 Å². The van der Waals surface area contributed by atoms with Gasteiger partial charge in [-0.05, 0) is 41.5 Å². The molecule has 0 saturated carbocycles. The van der Waals surface area contributed by atoms with Crippen LogP contribution in [0.1, 0.15) is 11.1 Å². The lowest BCUT2D eigenvalue weighted by Crippen LogP contribution is -2.11. The second kappa shape index (κ2) is 12.3. The number of alkyl halides is 6. The fourth-order valence-corrected chi connectivity index (χ4v) is 6.55. The van der Waals surface area contributed by atoms with Crippen molar-refractivity contribution in [2.24, 2.45) is 0 Å². The molecule has 0 saturated heterocycles. The number of hydrogen-bond acceptors (Lipinski definition) is 3. The molecule has 0 amide bonds. The number of aromatic nitrogens is 3. The van der Waals surface area contributed by atoms with E-state index in [1.54, 1.807) is 30.3 Å². The van der Waals surface area contributed by atoms with Gasteiger partial charge in [-0.25, -0.2) is 14.8 Å². The summed E-state index contributed by atoms with van der Waals surface area (Å²) in [6.07, 6.45) is -10.1. The monoisotopic (exact) mass is 696 g/mol. The molecule has 0 spiro atoms. The molecule has 252 valence electrons. The highest BCUT2D eigenvalue weighted by atomic mass is 19.4. The number of pyridine rings is 1. The van der Waals surface area contributed by atoms with Gasteiger partial charge in [0.15, 0.2) is 0 Å². The molecule has 0 unspecified atom stereocenters. The first-order valence-corrected chi connectivity index (χ1v) is 16.0. The highest BCUT2D eigenvalue weighted by Crippen LogP contribution is 2.45. The van der Waals surface area contributed by atoms with Crippen LogP contribution in [-0.2, 0) is 12.4 Å². The molecule has 10 heteroatoms. The van der Waals surface area contributed by atoms with Crippen LogP contribution in [0.2, 0.25) is 0 Å². The van der Waals surface area contributed by atoms with Crippen molar-refractivity contribution < 1.29 is 26.3 Å². The van der Waals surface area contributed by atoms with Crippen molar-refractivity contribution in [3.8, 4) is 44.9 Å². The summed E-state index contributed by atoms with van der Waals surface area (Å²) in [6.45, 7) is 8.20.